The van der Waals surface area contributed by atoms with Gasteiger partial charge in [0.25, 0.3) is 5.56 Å². The summed E-state index contributed by atoms with van der Waals surface area (Å²) < 4.78 is 1.34. The van der Waals surface area contributed by atoms with Crippen molar-refractivity contribution in [3.05, 3.63) is 39.5 Å². The van der Waals surface area contributed by atoms with Gasteiger partial charge in [0.1, 0.15) is 11.4 Å². The molecular formula is C12H15ClN4O. The quantitative estimate of drug-likeness (QED) is 0.834. The van der Waals surface area contributed by atoms with Gasteiger partial charge in [-0.15, -0.1) is 0 Å². The summed E-state index contributed by atoms with van der Waals surface area (Å²) in [6.45, 7) is 4.12. The minimum absolute atomic E-state index is 0.239. The molecule has 2 rings (SSSR count). The zero-order valence-corrected chi connectivity index (χ0v) is 11.0. The Morgan fingerprint density at radius 1 is 1.56 bits per heavy atom. The molecule has 2 aromatic heterocycles. The number of hydrogen-bond acceptors (Lipinski definition) is 3. The van der Waals surface area contributed by atoms with E-state index in [1.807, 2.05) is 0 Å². The molecule has 18 heavy (non-hydrogen) atoms. The highest BCUT2D eigenvalue weighted by Crippen LogP contribution is 2.17. The molecule has 0 atom stereocenters. The highest BCUT2D eigenvalue weighted by Gasteiger charge is 2.15. The number of anilines is 1. The molecule has 0 fully saturated rings. The Labute approximate surface area is 110 Å². The van der Waals surface area contributed by atoms with Crippen molar-refractivity contribution < 1.29 is 0 Å². The summed E-state index contributed by atoms with van der Waals surface area (Å²) in [6.07, 6.45) is 2.28. The number of nitrogens with zero attached hydrogens (tertiary/aromatic N) is 2. The molecule has 3 N–H and O–H groups in total. The summed E-state index contributed by atoms with van der Waals surface area (Å²) in [6, 6.07) is 3.43. The van der Waals surface area contributed by atoms with E-state index in [0.29, 0.717) is 18.0 Å². The Kier molecular flexibility index (Phi) is 3.43. The van der Waals surface area contributed by atoms with Gasteiger partial charge in [-0.1, -0.05) is 25.4 Å². The highest BCUT2D eigenvalue weighted by molar-refractivity contribution is 6.31. The molecule has 0 amide bonds. The van der Waals surface area contributed by atoms with Crippen LogP contribution in [0.25, 0.3) is 5.69 Å². The first kappa shape index (κ1) is 12.7. The van der Waals surface area contributed by atoms with Gasteiger partial charge >= 0.3 is 0 Å². The van der Waals surface area contributed by atoms with Crippen LogP contribution in [0.4, 0.5) is 5.69 Å². The zero-order chi connectivity index (χ0) is 13.3. The molecular weight excluding hydrogens is 252 g/mol. The Balaban J connectivity index is 2.54. The van der Waals surface area contributed by atoms with Crippen LogP contribution in [0.5, 0.6) is 0 Å². The van der Waals surface area contributed by atoms with Crippen molar-refractivity contribution in [2.75, 3.05) is 5.73 Å². The molecule has 2 heterocycles. The number of nitrogens with two attached hydrogens (primary N) is 1. The molecule has 0 bridgehead atoms. The van der Waals surface area contributed by atoms with Crippen molar-refractivity contribution in [2.24, 2.45) is 5.92 Å². The average Bonchev–Trinajstić information content (AvgIpc) is 2.58. The van der Waals surface area contributed by atoms with Gasteiger partial charge in [0.15, 0.2) is 5.15 Å². The fourth-order valence-corrected chi connectivity index (χ4v) is 1.98. The maximum atomic E-state index is 12.0. The van der Waals surface area contributed by atoms with E-state index in [4.69, 9.17) is 17.3 Å². The van der Waals surface area contributed by atoms with Crippen molar-refractivity contribution in [1.82, 2.24) is 14.8 Å². The maximum Gasteiger partial charge on any atom is 0.294 e. The van der Waals surface area contributed by atoms with Gasteiger partial charge in [-0.2, -0.15) is 0 Å². The maximum absolute atomic E-state index is 12.0. The summed E-state index contributed by atoms with van der Waals surface area (Å²) in [5, 5.41) is 3.25. The van der Waals surface area contributed by atoms with Crippen molar-refractivity contribution in [3.8, 4) is 5.69 Å². The lowest BCUT2D eigenvalue weighted by Gasteiger charge is -2.04. The van der Waals surface area contributed by atoms with Gasteiger partial charge in [-0.05, 0) is 24.5 Å². The smallest absolute Gasteiger partial charge is 0.294 e. The van der Waals surface area contributed by atoms with E-state index in [1.165, 1.54) is 4.68 Å². The molecule has 0 aliphatic heterocycles. The number of H-pyrrole nitrogens is 1. The second kappa shape index (κ2) is 4.86. The Hall–Kier alpha value is -1.75. The number of rotatable bonds is 3. The number of aromatic nitrogens is 3. The molecule has 0 spiro atoms. The van der Waals surface area contributed by atoms with E-state index in [0.717, 1.165) is 5.69 Å². The monoisotopic (exact) mass is 266 g/mol. The van der Waals surface area contributed by atoms with Crippen LogP contribution in [0.1, 0.15) is 19.5 Å². The fourth-order valence-electron chi connectivity index (χ4n) is 1.77. The van der Waals surface area contributed by atoms with Gasteiger partial charge in [0, 0.05) is 6.20 Å². The first-order chi connectivity index (χ1) is 8.50. The van der Waals surface area contributed by atoms with Crippen molar-refractivity contribution in [1.29, 1.82) is 0 Å². The van der Waals surface area contributed by atoms with Crippen LogP contribution < -0.4 is 11.3 Å². The highest BCUT2D eigenvalue weighted by atomic mass is 35.5. The predicted molar refractivity (Wildman–Crippen MR) is 72.1 cm³/mol. The van der Waals surface area contributed by atoms with Gasteiger partial charge in [0.05, 0.1) is 5.69 Å². The van der Waals surface area contributed by atoms with Crippen molar-refractivity contribution in [3.63, 3.8) is 0 Å². The third-order valence-corrected chi connectivity index (χ3v) is 2.89. The van der Waals surface area contributed by atoms with E-state index in [1.54, 1.807) is 18.3 Å². The molecule has 0 aliphatic carbocycles. The van der Waals surface area contributed by atoms with Crippen molar-refractivity contribution in [2.45, 2.75) is 20.3 Å². The van der Waals surface area contributed by atoms with Crippen molar-refractivity contribution >= 4 is 17.3 Å². The van der Waals surface area contributed by atoms with Gasteiger partial charge in [-0.3, -0.25) is 9.89 Å². The van der Waals surface area contributed by atoms with Crippen LogP contribution in [0, 0.1) is 5.92 Å². The fraction of sp³-hybridized carbons (Fsp3) is 0.333. The molecule has 0 aromatic carbocycles. The Morgan fingerprint density at radius 2 is 2.28 bits per heavy atom. The lowest BCUT2D eigenvalue weighted by atomic mass is 10.1. The molecule has 0 saturated carbocycles. The lowest BCUT2D eigenvalue weighted by Crippen LogP contribution is -2.17. The molecule has 0 aliphatic rings. The zero-order valence-electron chi connectivity index (χ0n) is 10.3. The van der Waals surface area contributed by atoms with Gasteiger partial charge in [0.2, 0.25) is 0 Å². The molecule has 0 saturated heterocycles. The van der Waals surface area contributed by atoms with Crippen LogP contribution in [-0.2, 0) is 6.42 Å². The number of aromatic amines is 1. The van der Waals surface area contributed by atoms with E-state index >= 15 is 0 Å². The Morgan fingerprint density at radius 3 is 2.89 bits per heavy atom. The topological polar surface area (TPSA) is 76.7 Å². The summed E-state index contributed by atoms with van der Waals surface area (Å²) in [4.78, 5) is 16.0. The standard InChI is InChI=1S/C12H15ClN4O/c1-7(2)6-8-10(14)12(18)17(16-8)9-4-3-5-15-11(9)13/h3-5,7,16H,6,14H2,1-2H3. The normalized spacial score (nSPS) is 11.1. The molecule has 6 heteroatoms. The van der Waals surface area contributed by atoms with Gasteiger partial charge in [-0.25, -0.2) is 9.67 Å². The molecule has 96 valence electrons. The second-order valence-corrected chi connectivity index (χ2v) is 4.91. The first-order valence-electron chi connectivity index (χ1n) is 5.71. The SMILES string of the molecule is CC(C)Cc1[nH]n(-c2cccnc2Cl)c(=O)c1N. The average molecular weight is 267 g/mol. The number of nitrogen functional groups attached to an aromatic ring is 1. The van der Waals surface area contributed by atoms with Gasteiger partial charge < -0.3 is 5.73 Å². The number of pyridine rings is 1. The molecule has 0 unspecified atom stereocenters. The van der Waals surface area contributed by atoms with Crippen LogP contribution in [0.15, 0.2) is 23.1 Å². The minimum atomic E-state index is -0.291. The van der Waals surface area contributed by atoms with E-state index < -0.39 is 0 Å². The third kappa shape index (κ3) is 2.26. The number of nitrogens with one attached hydrogen (secondary N) is 1. The second-order valence-electron chi connectivity index (χ2n) is 4.56. The largest absolute Gasteiger partial charge is 0.393 e. The number of halogens is 1. The third-order valence-electron chi connectivity index (χ3n) is 2.60. The van der Waals surface area contributed by atoms with E-state index in [2.05, 4.69) is 23.9 Å². The molecule has 0 radical (unpaired) electrons. The summed E-state index contributed by atoms with van der Waals surface area (Å²) in [5.74, 6) is 0.406. The number of hydrogen-bond donors (Lipinski definition) is 2. The summed E-state index contributed by atoms with van der Waals surface area (Å²) >= 11 is 5.97. The first-order valence-corrected chi connectivity index (χ1v) is 6.08. The van der Waals surface area contributed by atoms with Crippen LogP contribution in [-0.4, -0.2) is 14.8 Å². The van der Waals surface area contributed by atoms with Crippen LogP contribution >= 0.6 is 11.6 Å². The summed E-state index contributed by atoms with van der Waals surface area (Å²) in [5.41, 5.74) is 7.00. The Bertz CT molecular complexity index is 615. The van der Waals surface area contributed by atoms with E-state index in [9.17, 15) is 4.79 Å². The van der Waals surface area contributed by atoms with Crippen LogP contribution in [0.2, 0.25) is 5.15 Å². The molecule has 5 nitrogen and oxygen atoms in total. The summed E-state index contributed by atoms with van der Waals surface area (Å²) in [7, 11) is 0. The minimum Gasteiger partial charge on any atom is -0.393 e. The lowest BCUT2D eigenvalue weighted by molar-refractivity contribution is 0.628. The molecule has 2 aromatic rings. The van der Waals surface area contributed by atoms with E-state index in [-0.39, 0.29) is 16.4 Å². The predicted octanol–water partition coefficient (Wildman–Crippen LogP) is 1.99. The van der Waals surface area contributed by atoms with Crippen LogP contribution in [0.3, 0.4) is 0 Å².